The Morgan fingerprint density at radius 3 is 2.23 bits per heavy atom. The third kappa shape index (κ3) is 4.68. The molecule has 0 amide bonds. The molecule has 0 N–H and O–H groups in total. The fourth-order valence-corrected chi connectivity index (χ4v) is 9.23. The number of aliphatic imine (C=N–C) groups is 1. The van der Waals surface area contributed by atoms with Gasteiger partial charge in [0.25, 0.3) is 0 Å². The van der Waals surface area contributed by atoms with Crippen molar-refractivity contribution < 1.29 is 4.42 Å². The van der Waals surface area contributed by atoms with Crippen LogP contribution in [0.4, 0.5) is 5.69 Å². The zero-order chi connectivity index (χ0) is 36.0. The Morgan fingerprint density at radius 1 is 0.642 bits per heavy atom. The maximum absolute atomic E-state index is 6.45. The third-order valence-electron chi connectivity index (χ3n) is 11.8. The lowest BCUT2D eigenvalue weighted by atomic mass is 9.72. The van der Waals surface area contributed by atoms with E-state index in [0.29, 0.717) is 0 Å². The highest BCUT2D eigenvalue weighted by Gasteiger charge is 2.39. The van der Waals surface area contributed by atoms with Gasteiger partial charge in [-0.3, -0.25) is 0 Å². The van der Waals surface area contributed by atoms with Gasteiger partial charge < -0.3 is 4.42 Å². The first-order valence-corrected chi connectivity index (χ1v) is 18.5. The molecule has 2 aliphatic rings. The lowest BCUT2D eigenvalue weighted by molar-refractivity contribution is 0.660. The van der Waals surface area contributed by atoms with Gasteiger partial charge in [-0.1, -0.05) is 142 Å². The topological polar surface area (TPSA) is 25.5 Å². The molecule has 254 valence electrons. The average Bonchev–Trinajstić information content (AvgIpc) is 3.66. The van der Waals surface area contributed by atoms with Crippen molar-refractivity contribution in [1.29, 1.82) is 0 Å². The van der Waals surface area contributed by atoms with Crippen molar-refractivity contribution >= 4 is 49.7 Å². The lowest BCUT2D eigenvalue weighted by Crippen LogP contribution is -2.20. The van der Waals surface area contributed by atoms with Gasteiger partial charge in [0.2, 0.25) is 0 Å². The van der Waals surface area contributed by atoms with E-state index in [1.165, 1.54) is 55.3 Å². The molecule has 1 heterocycles. The summed E-state index contributed by atoms with van der Waals surface area (Å²) >= 11 is 0. The van der Waals surface area contributed by atoms with Crippen molar-refractivity contribution in [2.75, 3.05) is 0 Å². The second-order valence-corrected chi connectivity index (χ2v) is 15.3. The van der Waals surface area contributed by atoms with E-state index in [-0.39, 0.29) is 11.3 Å². The number of para-hydroxylation sites is 2. The Balaban J connectivity index is 1.24. The summed E-state index contributed by atoms with van der Waals surface area (Å²) in [7, 11) is 0. The molecular weight excluding hydrogens is 643 g/mol. The number of rotatable bonds is 5. The van der Waals surface area contributed by atoms with Gasteiger partial charge in [-0.2, -0.15) is 0 Å². The smallest absolute Gasteiger partial charge is 0.135 e. The molecule has 10 rings (SSSR count). The molecule has 0 aliphatic heterocycles. The number of fused-ring (bicyclic) bond motifs is 11. The summed E-state index contributed by atoms with van der Waals surface area (Å²) in [6, 6.07) is 50.3. The largest absolute Gasteiger partial charge is 0.456 e. The first kappa shape index (κ1) is 31.5. The monoisotopic (exact) mass is 681 g/mol. The van der Waals surface area contributed by atoms with Gasteiger partial charge in [0.05, 0.1) is 11.4 Å². The van der Waals surface area contributed by atoms with Crippen molar-refractivity contribution in [3.05, 3.63) is 192 Å². The molecule has 1 atom stereocenters. The number of benzene rings is 7. The van der Waals surface area contributed by atoms with Crippen molar-refractivity contribution in [3.63, 3.8) is 0 Å². The quantitative estimate of drug-likeness (QED) is 0.166. The lowest BCUT2D eigenvalue weighted by Gasteiger charge is -2.32. The van der Waals surface area contributed by atoms with Crippen LogP contribution >= 0.6 is 0 Å². The first-order chi connectivity index (χ1) is 25.8. The number of hydrogen-bond donors (Lipinski definition) is 0. The van der Waals surface area contributed by atoms with Crippen LogP contribution in [0.5, 0.6) is 0 Å². The summed E-state index contributed by atoms with van der Waals surface area (Å²) in [4.78, 5) is 5.65. The predicted octanol–water partition coefficient (Wildman–Crippen LogP) is 13.8. The number of furan rings is 1. The highest BCUT2D eigenvalue weighted by atomic mass is 16.3. The summed E-state index contributed by atoms with van der Waals surface area (Å²) in [6.45, 7) is 16.1. The molecule has 0 bridgehead atoms. The van der Waals surface area contributed by atoms with E-state index in [9.17, 15) is 0 Å². The van der Waals surface area contributed by atoms with E-state index in [1.807, 2.05) is 6.07 Å². The maximum Gasteiger partial charge on any atom is 0.135 e. The summed E-state index contributed by atoms with van der Waals surface area (Å²) in [5.41, 5.74) is 17.9. The van der Waals surface area contributed by atoms with Gasteiger partial charge in [0.1, 0.15) is 11.2 Å². The fraction of sp³-hybridized carbons (Fsp3) is 0.118. The van der Waals surface area contributed by atoms with Crippen LogP contribution < -0.4 is 0 Å². The zero-order valence-electron chi connectivity index (χ0n) is 30.3. The first-order valence-electron chi connectivity index (χ1n) is 18.5. The predicted molar refractivity (Wildman–Crippen MR) is 224 cm³/mol. The van der Waals surface area contributed by atoms with Gasteiger partial charge in [0, 0.05) is 33.2 Å². The van der Waals surface area contributed by atoms with Gasteiger partial charge >= 0.3 is 0 Å². The molecule has 1 aromatic heterocycles. The number of nitrogens with zero attached hydrogens (tertiary/aromatic N) is 1. The molecule has 1 unspecified atom stereocenters. The number of allylic oxidation sites excluding steroid dienone is 2. The molecular formula is C51H39NO. The minimum atomic E-state index is -0.144. The van der Waals surface area contributed by atoms with E-state index in [0.717, 1.165) is 62.0 Å². The molecule has 53 heavy (non-hydrogen) atoms. The van der Waals surface area contributed by atoms with Crippen LogP contribution in [0, 0.1) is 0 Å². The van der Waals surface area contributed by atoms with Crippen LogP contribution in [0.15, 0.2) is 168 Å². The summed E-state index contributed by atoms with van der Waals surface area (Å²) < 4.78 is 6.45. The Bertz CT molecular complexity index is 2900. The van der Waals surface area contributed by atoms with E-state index in [4.69, 9.17) is 16.0 Å². The van der Waals surface area contributed by atoms with Crippen LogP contribution in [0.3, 0.4) is 0 Å². The van der Waals surface area contributed by atoms with Gasteiger partial charge in [-0.15, -0.1) is 0 Å². The van der Waals surface area contributed by atoms with Crippen molar-refractivity contribution in [1.82, 2.24) is 0 Å². The molecule has 8 aromatic rings. The summed E-state index contributed by atoms with van der Waals surface area (Å²) in [5, 5.41) is 4.77. The maximum atomic E-state index is 6.45. The van der Waals surface area contributed by atoms with Crippen LogP contribution in [0.2, 0.25) is 0 Å². The molecule has 2 nitrogen and oxygen atoms in total. The third-order valence-corrected chi connectivity index (χ3v) is 11.8. The van der Waals surface area contributed by atoms with Gasteiger partial charge in [-0.05, 0) is 104 Å². The highest BCUT2D eigenvalue weighted by molar-refractivity contribution is 6.19. The van der Waals surface area contributed by atoms with E-state index in [1.54, 1.807) is 0 Å². The van der Waals surface area contributed by atoms with Crippen LogP contribution in [0.25, 0.3) is 60.5 Å². The highest BCUT2D eigenvalue weighted by Crippen LogP contribution is 2.52. The average molecular weight is 682 g/mol. The molecule has 7 aromatic carbocycles. The van der Waals surface area contributed by atoms with E-state index < -0.39 is 0 Å². The van der Waals surface area contributed by atoms with Crippen LogP contribution in [-0.4, -0.2) is 5.71 Å². The standard InChI is InChI=1S/C51H39NO/c1-30(2)34-16-9-12-23-45(34)52-50(39-20-14-22-44-49(39)38-19-8-11-21-43(38)51(44,4)5)31(3)40-27-33-28-47-42(36-18-10-13-24-46(36)53-47)29-41(33)37-26-25-32-15-6-7-17-35(32)48(37)40/h6-26,28-29,40H,1,3,27H2,2,4-5H3/b52-50+. The minimum Gasteiger partial charge on any atom is -0.456 e. The molecule has 0 spiro atoms. The molecule has 0 saturated carbocycles. The van der Waals surface area contributed by atoms with Crippen molar-refractivity contribution in [2.45, 2.75) is 38.5 Å². The zero-order valence-corrected chi connectivity index (χ0v) is 30.3. The SMILES string of the molecule is C=C(C)c1ccccc1/N=C(\C(=C)C1Cc2cc3oc4ccccc4c3cc2-c2ccc3ccccc3c21)c1cccc2c1-c1ccccc1C2(C)C. The van der Waals surface area contributed by atoms with E-state index in [2.05, 4.69) is 161 Å². The molecule has 0 saturated heterocycles. The van der Waals surface area contributed by atoms with E-state index >= 15 is 0 Å². The Kier molecular flexibility index (Phi) is 6.91. The molecule has 0 fully saturated rings. The van der Waals surface area contributed by atoms with Crippen molar-refractivity contribution in [3.8, 4) is 22.3 Å². The van der Waals surface area contributed by atoms with Crippen molar-refractivity contribution in [2.24, 2.45) is 4.99 Å². The summed E-state index contributed by atoms with van der Waals surface area (Å²) in [5.74, 6) is -0.0401. The second-order valence-electron chi connectivity index (χ2n) is 15.3. The fourth-order valence-electron chi connectivity index (χ4n) is 9.23. The minimum absolute atomic E-state index is 0.0401. The summed E-state index contributed by atoms with van der Waals surface area (Å²) in [6.07, 6.45) is 0.778. The Labute approximate surface area is 310 Å². The van der Waals surface area contributed by atoms with Crippen LogP contribution in [-0.2, 0) is 11.8 Å². The molecule has 2 aliphatic carbocycles. The Morgan fingerprint density at radius 2 is 1.36 bits per heavy atom. The molecule has 2 heteroatoms. The molecule has 0 radical (unpaired) electrons. The normalized spacial score (nSPS) is 15.6. The van der Waals surface area contributed by atoms with Gasteiger partial charge in [0.15, 0.2) is 0 Å². The second kappa shape index (κ2) is 11.6. The van der Waals surface area contributed by atoms with Crippen LogP contribution in [0.1, 0.15) is 60.1 Å². The van der Waals surface area contributed by atoms with Gasteiger partial charge in [-0.25, -0.2) is 4.99 Å². The number of hydrogen-bond acceptors (Lipinski definition) is 2. The Hall–Kier alpha value is -6.25.